The highest BCUT2D eigenvalue weighted by atomic mass is 32.2. The number of nitrogens with one attached hydrogen (secondary N) is 2. The van der Waals surface area contributed by atoms with Crippen molar-refractivity contribution in [3.63, 3.8) is 0 Å². The number of ether oxygens (including phenoxy) is 2. The molecule has 0 atom stereocenters. The summed E-state index contributed by atoms with van der Waals surface area (Å²) in [6.45, 7) is 4.02. The number of carbonyl (C=O) groups excluding carboxylic acids is 2. The minimum atomic E-state index is -0.445. The van der Waals surface area contributed by atoms with Crippen LogP contribution in [0.4, 0.5) is 5.69 Å². The summed E-state index contributed by atoms with van der Waals surface area (Å²) < 4.78 is 10.1. The van der Waals surface area contributed by atoms with Gasteiger partial charge in [-0.2, -0.15) is 0 Å². The number of amides is 1. The van der Waals surface area contributed by atoms with Gasteiger partial charge in [0.2, 0.25) is 5.91 Å². The lowest BCUT2D eigenvalue weighted by Gasteiger charge is -2.08. The standard InChI is InChI=1S/C18H21N3O5S/c1-11(2)26-9-14-8-15(22)21-18(20-14)27-10-16(23)19-13-6-4-12(5-7-13)17(24)25-3/h4-8,11H,9-10H2,1-3H3,(H,19,23)(H,20,21,22). The average Bonchev–Trinajstić information content (AvgIpc) is 2.64. The zero-order valence-corrected chi connectivity index (χ0v) is 16.1. The number of carbonyl (C=O) groups is 2. The first-order valence-electron chi connectivity index (χ1n) is 8.20. The summed E-state index contributed by atoms with van der Waals surface area (Å²) in [5.41, 5.74) is 1.16. The molecule has 1 aromatic carbocycles. The lowest BCUT2D eigenvalue weighted by molar-refractivity contribution is -0.113. The number of nitrogens with zero attached hydrogens (tertiary/aromatic N) is 1. The highest BCUT2D eigenvalue weighted by Gasteiger charge is 2.09. The molecule has 0 saturated carbocycles. The molecule has 27 heavy (non-hydrogen) atoms. The second kappa shape index (κ2) is 9.89. The Morgan fingerprint density at radius 1 is 1.26 bits per heavy atom. The zero-order chi connectivity index (χ0) is 19.8. The molecule has 1 heterocycles. The Kier molecular flexibility index (Phi) is 7.56. The summed E-state index contributed by atoms with van der Waals surface area (Å²) in [5, 5.41) is 3.06. The van der Waals surface area contributed by atoms with Gasteiger partial charge in [-0.1, -0.05) is 11.8 Å². The van der Waals surface area contributed by atoms with Crippen LogP contribution in [0.2, 0.25) is 0 Å². The lowest BCUT2D eigenvalue weighted by atomic mass is 10.2. The van der Waals surface area contributed by atoms with E-state index in [-0.39, 0.29) is 29.9 Å². The maximum absolute atomic E-state index is 12.1. The second-order valence-electron chi connectivity index (χ2n) is 5.81. The number of hydrogen-bond donors (Lipinski definition) is 2. The molecule has 8 nitrogen and oxygen atoms in total. The predicted octanol–water partition coefficient (Wildman–Crippen LogP) is 2.21. The van der Waals surface area contributed by atoms with Gasteiger partial charge in [-0.05, 0) is 38.1 Å². The minimum absolute atomic E-state index is 0.0264. The predicted molar refractivity (Wildman–Crippen MR) is 102 cm³/mol. The number of benzene rings is 1. The smallest absolute Gasteiger partial charge is 0.337 e. The molecule has 0 aliphatic heterocycles. The third-order valence-corrected chi connectivity index (χ3v) is 4.14. The number of thioether (sulfide) groups is 1. The van der Waals surface area contributed by atoms with Crippen molar-refractivity contribution < 1.29 is 19.1 Å². The Balaban J connectivity index is 1.91. The number of hydrogen-bond acceptors (Lipinski definition) is 7. The number of aromatic nitrogens is 2. The van der Waals surface area contributed by atoms with Crippen LogP contribution in [0.1, 0.15) is 29.9 Å². The first-order valence-corrected chi connectivity index (χ1v) is 9.19. The van der Waals surface area contributed by atoms with Crippen LogP contribution in [0.15, 0.2) is 40.3 Å². The minimum Gasteiger partial charge on any atom is -0.465 e. The first-order chi connectivity index (χ1) is 12.9. The van der Waals surface area contributed by atoms with Gasteiger partial charge in [0, 0.05) is 11.8 Å². The molecule has 0 aliphatic rings. The Morgan fingerprint density at radius 3 is 2.59 bits per heavy atom. The van der Waals surface area contributed by atoms with E-state index in [1.165, 1.54) is 13.2 Å². The van der Waals surface area contributed by atoms with E-state index in [0.29, 0.717) is 22.1 Å². The summed E-state index contributed by atoms with van der Waals surface area (Å²) >= 11 is 1.11. The Hall–Kier alpha value is -2.65. The van der Waals surface area contributed by atoms with E-state index in [4.69, 9.17) is 4.74 Å². The Morgan fingerprint density at radius 2 is 1.96 bits per heavy atom. The number of H-pyrrole nitrogens is 1. The number of rotatable bonds is 8. The molecule has 0 radical (unpaired) electrons. The number of anilines is 1. The fourth-order valence-electron chi connectivity index (χ4n) is 2.02. The van der Waals surface area contributed by atoms with Crippen LogP contribution in [-0.4, -0.2) is 40.8 Å². The molecule has 0 bridgehead atoms. The molecule has 9 heteroatoms. The molecule has 2 N–H and O–H groups in total. The third-order valence-electron chi connectivity index (χ3n) is 3.27. The van der Waals surface area contributed by atoms with E-state index in [1.807, 2.05) is 13.8 Å². The van der Waals surface area contributed by atoms with Gasteiger partial charge in [-0.15, -0.1) is 0 Å². The maximum atomic E-state index is 12.1. The summed E-state index contributed by atoms with van der Waals surface area (Å²) in [7, 11) is 1.30. The highest BCUT2D eigenvalue weighted by Crippen LogP contribution is 2.14. The molecule has 1 aromatic heterocycles. The Labute approximate surface area is 160 Å². The molecule has 0 unspecified atom stereocenters. The molecule has 0 saturated heterocycles. The van der Waals surface area contributed by atoms with Gasteiger partial charge in [0.25, 0.3) is 5.56 Å². The van der Waals surface area contributed by atoms with Gasteiger partial charge in [0.05, 0.1) is 36.8 Å². The van der Waals surface area contributed by atoms with Crippen molar-refractivity contribution in [3.8, 4) is 0 Å². The molecule has 0 spiro atoms. The van der Waals surface area contributed by atoms with Crippen molar-refractivity contribution in [3.05, 3.63) is 51.9 Å². The molecule has 1 amide bonds. The lowest BCUT2D eigenvalue weighted by Crippen LogP contribution is -2.16. The van der Waals surface area contributed by atoms with E-state index in [0.717, 1.165) is 11.8 Å². The van der Waals surface area contributed by atoms with Gasteiger partial charge in [-0.3, -0.25) is 9.59 Å². The van der Waals surface area contributed by atoms with E-state index < -0.39 is 5.97 Å². The fraction of sp³-hybridized carbons (Fsp3) is 0.333. The van der Waals surface area contributed by atoms with Gasteiger partial charge in [0.15, 0.2) is 5.16 Å². The summed E-state index contributed by atoms with van der Waals surface area (Å²) in [4.78, 5) is 42.0. The quantitative estimate of drug-likeness (QED) is 0.403. The highest BCUT2D eigenvalue weighted by molar-refractivity contribution is 7.99. The van der Waals surface area contributed by atoms with Crippen molar-refractivity contribution in [2.75, 3.05) is 18.2 Å². The topological polar surface area (TPSA) is 110 Å². The molecule has 144 valence electrons. The number of methoxy groups -OCH3 is 1. The van der Waals surface area contributed by atoms with E-state index >= 15 is 0 Å². The molecule has 2 rings (SSSR count). The van der Waals surface area contributed by atoms with E-state index in [1.54, 1.807) is 24.3 Å². The van der Waals surface area contributed by atoms with Crippen molar-refractivity contribution >= 4 is 29.3 Å². The monoisotopic (exact) mass is 391 g/mol. The van der Waals surface area contributed by atoms with Crippen LogP contribution in [0.3, 0.4) is 0 Å². The van der Waals surface area contributed by atoms with Crippen LogP contribution in [0, 0.1) is 0 Å². The van der Waals surface area contributed by atoms with Crippen LogP contribution in [0.5, 0.6) is 0 Å². The van der Waals surface area contributed by atoms with Crippen LogP contribution < -0.4 is 10.9 Å². The molecular weight excluding hydrogens is 370 g/mol. The SMILES string of the molecule is COC(=O)c1ccc(NC(=O)CSc2nc(COC(C)C)cc(=O)[nH]2)cc1. The summed E-state index contributed by atoms with van der Waals surface area (Å²) in [5.74, 6) is -0.645. The van der Waals surface area contributed by atoms with Crippen LogP contribution in [0.25, 0.3) is 0 Å². The maximum Gasteiger partial charge on any atom is 0.337 e. The molecule has 2 aromatic rings. The van der Waals surface area contributed by atoms with E-state index in [2.05, 4.69) is 20.0 Å². The van der Waals surface area contributed by atoms with Crippen molar-refractivity contribution in [2.24, 2.45) is 0 Å². The van der Waals surface area contributed by atoms with Gasteiger partial charge in [-0.25, -0.2) is 9.78 Å². The second-order valence-corrected chi connectivity index (χ2v) is 6.77. The third kappa shape index (κ3) is 6.87. The van der Waals surface area contributed by atoms with Crippen molar-refractivity contribution in [1.29, 1.82) is 0 Å². The summed E-state index contributed by atoms with van der Waals surface area (Å²) in [6.07, 6.45) is 0.0264. The average molecular weight is 391 g/mol. The van der Waals surface area contributed by atoms with Crippen molar-refractivity contribution in [2.45, 2.75) is 31.7 Å². The van der Waals surface area contributed by atoms with Crippen LogP contribution >= 0.6 is 11.8 Å². The van der Waals surface area contributed by atoms with Gasteiger partial charge < -0.3 is 19.8 Å². The molecular formula is C18H21N3O5S. The number of aromatic amines is 1. The normalized spacial score (nSPS) is 10.7. The number of esters is 1. The zero-order valence-electron chi connectivity index (χ0n) is 15.3. The van der Waals surface area contributed by atoms with Gasteiger partial charge >= 0.3 is 5.97 Å². The van der Waals surface area contributed by atoms with Crippen molar-refractivity contribution in [1.82, 2.24) is 9.97 Å². The van der Waals surface area contributed by atoms with Gasteiger partial charge in [0.1, 0.15) is 0 Å². The molecule has 0 aliphatic carbocycles. The summed E-state index contributed by atoms with van der Waals surface area (Å²) in [6, 6.07) is 7.71. The fourth-order valence-corrected chi connectivity index (χ4v) is 2.71. The van der Waals surface area contributed by atoms with E-state index in [9.17, 15) is 14.4 Å². The molecule has 0 fully saturated rings. The van der Waals surface area contributed by atoms with Crippen LogP contribution in [-0.2, 0) is 20.9 Å². The largest absolute Gasteiger partial charge is 0.465 e. The Bertz CT molecular complexity index is 849. The first kappa shape index (κ1) is 20.7.